The summed E-state index contributed by atoms with van der Waals surface area (Å²) in [5.74, 6) is 0. The fourth-order valence-corrected chi connectivity index (χ4v) is 2.04. The van der Waals surface area contributed by atoms with Crippen LogP contribution in [0.25, 0.3) is 0 Å². The highest BCUT2D eigenvalue weighted by atomic mass is 16.6. The second-order valence-corrected chi connectivity index (χ2v) is 4.33. The van der Waals surface area contributed by atoms with Gasteiger partial charge in [0.15, 0.2) is 6.10 Å². The molecule has 0 aromatic carbocycles. The van der Waals surface area contributed by atoms with E-state index in [-0.39, 0.29) is 6.10 Å². The third-order valence-electron chi connectivity index (χ3n) is 2.61. The highest BCUT2D eigenvalue weighted by Crippen LogP contribution is 2.27. The highest BCUT2D eigenvalue weighted by molar-refractivity contribution is 5.83. The van der Waals surface area contributed by atoms with Crippen molar-refractivity contribution in [2.75, 3.05) is 0 Å². The molecule has 0 aromatic heterocycles. The smallest absolute Gasteiger partial charge is 0.158 e. The van der Waals surface area contributed by atoms with Crippen molar-refractivity contribution in [1.82, 2.24) is 0 Å². The van der Waals surface area contributed by atoms with Gasteiger partial charge in [0.2, 0.25) is 0 Å². The van der Waals surface area contributed by atoms with Gasteiger partial charge in [0.1, 0.15) is 0 Å². The van der Waals surface area contributed by atoms with Crippen LogP contribution >= 0.6 is 0 Å². The van der Waals surface area contributed by atoms with Crippen LogP contribution in [0, 0.1) is 0 Å². The average molecular weight is 207 g/mol. The monoisotopic (exact) mass is 207 g/mol. The largest absolute Gasteiger partial charge is 0.387 e. The Morgan fingerprint density at radius 1 is 1.47 bits per heavy atom. The highest BCUT2D eigenvalue weighted by Gasteiger charge is 2.24. The molecular weight excluding hydrogens is 186 g/mol. The molecule has 1 atom stereocenters. The van der Waals surface area contributed by atoms with Crippen molar-refractivity contribution in [1.29, 1.82) is 0 Å². The summed E-state index contributed by atoms with van der Waals surface area (Å²) in [5, 5.41) is 4.02. The minimum Gasteiger partial charge on any atom is -0.387 e. The summed E-state index contributed by atoms with van der Waals surface area (Å²) in [6.45, 7) is 10.6. The van der Waals surface area contributed by atoms with Crippen molar-refractivity contribution in [3.8, 4) is 0 Å². The molecule has 1 heterocycles. The van der Waals surface area contributed by atoms with Crippen LogP contribution in [0.5, 0.6) is 0 Å². The molecule has 0 fully saturated rings. The van der Waals surface area contributed by atoms with E-state index in [1.54, 1.807) is 0 Å². The lowest BCUT2D eigenvalue weighted by Crippen LogP contribution is -2.13. The summed E-state index contributed by atoms with van der Waals surface area (Å²) in [6.07, 6.45) is 4.38. The first-order valence-corrected chi connectivity index (χ1v) is 5.60. The van der Waals surface area contributed by atoms with E-state index in [1.807, 2.05) is 6.92 Å². The standard InChI is InChI=1S/C13H21NO/c1-6-7-10(4)13(9(2)3)12-8-11(5)14-15-12/h7,12H,6,8H2,1-5H3/b10-7-/t12-/m1/s1. The van der Waals surface area contributed by atoms with Gasteiger partial charge in [0.25, 0.3) is 0 Å². The Morgan fingerprint density at radius 2 is 2.13 bits per heavy atom. The Labute approximate surface area is 92.7 Å². The van der Waals surface area contributed by atoms with Crippen LogP contribution < -0.4 is 0 Å². The third-order valence-corrected chi connectivity index (χ3v) is 2.61. The lowest BCUT2D eigenvalue weighted by molar-refractivity contribution is 0.112. The zero-order chi connectivity index (χ0) is 11.4. The number of oxime groups is 1. The molecule has 2 heteroatoms. The molecule has 0 bridgehead atoms. The van der Waals surface area contributed by atoms with Crippen LogP contribution in [0.4, 0.5) is 0 Å². The van der Waals surface area contributed by atoms with Crippen LogP contribution in [-0.4, -0.2) is 11.8 Å². The van der Waals surface area contributed by atoms with E-state index >= 15 is 0 Å². The first-order chi connectivity index (χ1) is 7.06. The predicted molar refractivity (Wildman–Crippen MR) is 65.0 cm³/mol. The van der Waals surface area contributed by atoms with Crippen LogP contribution in [0.15, 0.2) is 28.0 Å². The SMILES string of the molecule is CC/C=C(/C)C(=C(C)C)[C@H]1CC(C)=NO1. The van der Waals surface area contributed by atoms with Gasteiger partial charge >= 0.3 is 0 Å². The molecule has 0 unspecified atom stereocenters. The van der Waals surface area contributed by atoms with E-state index < -0.39 is 0 Å². The quantitative estimate of drug-likeness (QED) is 0.644. The summed E-state index contributed by atoms with van der Waals surface area (Å²) < 4.78 is 0. The Balaban J connectivity index is 2.87. The Hall–Kier alpha value is -1.05. The van der Waals surface area contributed by atoms with E-state index in [1.165, 1.54) is 16.7 Å². The van der Waals surface area contributed by atoms with Crippen LogP contribution in [0.3, 0.4) is 0 Å². The molecule has 0 amide bonds. The second kappa shape index (κ2) is 5.15. The summed E-state index contributed by atoms with van der Waals surface area (Å²) >= 11 is 0. The number of hydrogen-bond acceptors (Lipinski definition) is 2. The fraction of sp³-hybridized carbons (Fsp3) is 0.615. The number of nitrogens with zero attached hydrogens (tertiary/aromatic N) is 1. The lowest BCUT2D eigenvalue weighted by Gasteiger charge is -2.16. The van der Waals surface area contributed by atoms with E-state index in [9.17, 15) is 0 Å². The zero-order valence-corrected chi connectivity index (χ0v) is 10.4. The summed E-state index contributed by atoms with van der Waals surface area (Å²) in [6, 6.07) is 0. The molecule has 0 saturated heterocycles. The van der Waals surface area contributed by atoms with Gasteiger partial charge in [0.05, 0.1) is 5.71 Å². The molecule has 84 valence electrons. The normalized spacial score (nSPS) is 21.0. The number of hydrogen-bond donors (Lipinski definition) is 0. The number of rotatable bonds is 3. The molecule has 2 nitrogen and oxygen atoms in total. The fourth-order valence-electron chi connectivity index (χ4n) is 2.04. The van der Waals surface area contributed by atoms with Crippen molar-refractivity contribution in [2.24, 2.45) is 5.16 Å². The molecule has 1 aliphatic rings. The average Bonchev–Trinajstić information content (AvgIpc) is 2.51. The molecule has 0 saturated carbocycles. The van der Waals surface area contributed by atoms with Crippen molar-refractivity contribution >= 4 is 5.71 Å². The lowest BCUT2D eigenvalue weighted by atomic mass is 9.94. The maximum absolute atomic E-state index is 5.45. The molecule has 0 spiro atoms. The van der Waals surface area contributed by atoms with Gasteiger partial charge in [0, 0.05) is 6.42 Å². The summed E-state index contributed by atoms with van der Waals surface area (Å²) in [7, 11) is 0. The van der Waals surface area contributed by atoms with Crippen LogP contribution in [0.2, 0.25) is 0 Å². The molecule has 0 aromatic rings. The molecular formula is C13H21NO. The second-order valence-electron chi connectivity index (χ2n) is 4.33. The van der Waals surface area contributed by atoms with Crippen molar-refractivity contribution < 1.29 is 4.84 Å². The number of allylic oxidation sites excluding steroid dienone is 2. The van der Waals surface area contributed by atoms with Crippen molar-refractivity contribution in [3.05, 3.63) is 22.8 Å². The van der Waals surface area contributed by atoms with Crippen molar-refractivity contribution in [2.45, 2.75) is 53.6 Å². The van der Waals surface area contributed by atoms with Gasteiger partial charge in [-0.15, -0.1) is 0 Å². The Bertz CT molecular complexity index is 319. The van der Waals surface area contributed by atoms with Crippen LogP contribution in [0.1, 0.15) is 47.5 Å². The van der Waals surface area contributed by atoms with Gasteiger partial charge < -0.3 is 4.84 Å². The summed E-state index contributed by atoms with van der Waals surface area (Å²) in [5.41, 5.74) is 5.06. The van der Waals surface area contributed by atoms with Gasteiger partial charge in [-0.2, -0.15) is 0 Å². The maximum Gasteiger partial charge on any atom is 0.158 e. The van der Waals surface area contributed by atoms with Gasteiger partial charge in [-0.25, -0.2) is 0 Å². The molecule has 15 heavy (non-hydrogen) atoms. The molecule has 1 aliphatic heterocycles. The zero-order valence-electron chi connectivity index (χ0n) is 10.4. The molecule has 0 aliphatic carbocycles. The summed E-state index contributed by atoms with van der Waals surface area (Å²) in [4.78, 5) is 5.45. The minimum absolute atomic E-state index is 0.137. The predicted octanol–water partition coefficient (Wildman–Crippen LogP) is 3.84. The maximum atomic E-state index is 5.45. The van der Waals surface area contributed by atoms with Crippen molar-refractivity contribution in [3.63, 3.8) is 0 Å². The first-order valence-electron chi connectivity index (χ1n) is 5.60. The van der Waals surface area contributed by atoms with Crippen LogP contribution in [-0.2, 0) is 4.84 Å². The van der Waals surface area contributed by atoms with E-state index in [4.69, 9.17) is 4.84 Å². The van der Waals surface area contributed by atoms with E-state index in [2.05, 4.69) is 38.9 Å². The van der Waals surface area contributed by atoms with E-state index in [0.29, 0.717) is 0 Å². The van der Waals surface area contributed by atoms with E-state index in [0.717, 1.165) is 18.6 Å². The minimum atomic E-state index is 0.137. The molecule has 0 N–H and O–H groups in total. The Kier molecular flexibility index (Phi) is 4.13. The molecule has 0 radical (unpaired) electrons. The third kappa shape index (κ3) is 2.95. The Morgan fingerprint density at radius 3 is 2.53 bits per heavy atom. The van der Waals surface area contributed by atoms with Gasteiger partial charge in [-0.05, 0) is 45.3 Å². The topological polar surface area (TPSA) is 21.6 Å². The first kappa shape index (κ1) is 12.0. The van der Waals surface area contributed by atoms with Gasteiger partial charge in [-0.3, -0.25) is 0 Å². The van der Waals surface area contributed by atoms with Gasteiger partial charge in [-0.1, -0.05) is 23.7 Å². The molecule has 1 rings (SSSR count).